The lowest BCUT2D eigenvalue weighted by molar-refractivity contribution is 0.124. The van der Waals surface area contributed by atoms with Crippen LogP contribution >= 0.6 is 0 Å². The van der Waals surface area contributed by atoms with Crippen molar-refractivity contribution < 1.29 is 5.11 Å². The second-order valence-corrected chi connectivity index (χ2v) is 5.31. The van der Waals surface area contributed by atoms with Gasteiger partial charge in [0.2, 0.25) is 0 Å². The van der Waals surface area contributed by atoms with Crippen molar-refractivity contribution in [3.8, 4) is 0 Å². The van der Waals surface area contributed by atoms with Crippen LogP contribution in [-0.2, 0) is 0 Å². The SMILES string of the molecule is CCC1CNCCC1(CO)Nc1ccccc1C. The van der Waals surface area contributed by atoms with Crippen LogP contribution in [-0.4, -0.2) is 30.3 Å². The van der Waals surface area contributed by atoms with Gasteiger partial charge in [-0.25, -0.2) is 0 Å². The molecular formula is C15H24N2O. The van der Waals surface area contributed by atoms with Crippen molar-refractivity contribution in [2.45, 2.75) is 32.2 Å². The van der Waals surface area contributed by atoms with Crippen molar-refractivity contribution in [3.05, 3.63) is 29.8 Å². The molecule has 1 aliphatic heterocycles. The first kappa shape index (κ1) is 13.4. The fraction of sp³-hybridized carbons (Fsp3) is 0.600. The number of nitrogens with one attached hydrogen (secondary N) is 2. The third-order valence-corrected chi connectivity index (χ3v) is 4.22. The van der Waals surface area contributed by atoms with Crippen LogP contribution < -0.4 is 10.6 Å². The first-order valence-corrected chi connectivity index (χ1v) is 6.87. The molecule has 1 fully saturated rings. The molecule has 0 spiro atoms. The summed E-state index contributed by atoms with van der Waals surface area (Å²) >= 11 is 0. The van der Waals surface area contributed by atoms with E-state index in [0.29, 0.717) is 5.92 Å². The van der Waals surface area contributed by atoms with Crippen LogP contribution in [0, 0.1) is 12.8 Å². The third-order valence-electron chi connectivity index (χ3n) is 4.22. The van der Waals surface area contributed by atoms with Crippen LogP contribution in [0.15, 0.2) is 24.3 Å². The minimum Gasteiger partial charge on any atom is -0.394 e. The summed E-state index contributed by atoms with van der Waals surface area (Å²) in [5, 5.41) is 17.0. The van der Waals surface area contributed by atoms with Crippen molar-refractivity contribution in [2.24, 2.45) is 5.92 Å². The number of hydrogen-bond donors (Lipinski definition) is 3. The van der Waals surface area contributed by atoms with E-state index in [2.05, 4.69) is 36.6 Å². The van der Waals surface area contributed by atoms with Crippen molar-refractivity contribution >= 4 is 5.69 Å². The van der Waals surface area contributed by atoms with Crippen molar-refractivity contribution in [2.75, 3.05) is 25.0 Å². The predicted molar refractivity (Wildman–Crippen MR) is 75.9 cm³/mol. The maximum absolute atomic E-state index is 9.90. The van der Waals surface area contributed by atoms with E-state index < -0.39 is 0 Å². The molecule has 0 bridgehead atoms. The Morgan fingerprint density at radius 3 is 2.89 bits per heavy atom. The minimum atomic E-state index is -0.174. The molecule has 3 nitrogen and oxygen atoms in total. The van der Waals surface area contributed by atoms with E-state index in [1.807, 2.05) is 12.1 Å². The lowest BCUT2D eigenvalue weighted by Crippen LogP contribution is -2.57. The fourth-order valence-corrected chi connectivity index (χ4v) is 2.92. The Hall–Kier alpha value is -1.06. The van der Waals surface area contributed by atoms with Gasteiger partial charge in [0.1, 0.15) is 0 Å². The van der Waals surface area contributed by atoms with Gasteiger partial charge in [-0.2, -0.15) is 0 Å². The van der Waals surface area contributed by atoms with E-state index >= 15 is 0 Å². The Morgan fingerprint density at radius 2 is 2.22 bits per heavy atom. The molecular weight excluding hydrogens is 224 g/mol. The first-order chi connectivity index (χ1) is 8.72. The molecule has 1 aliphatic rings. The highest BCUT2D eigenvalue weighted by Gasteiger charge is 2.39. The zero-order chi connectivity index (χ0) is 13.0. The number of benzene rings is 1. The lowest BCUT2D eigenvalue weighted by Gasteiger charge is -2.44. The number of aryl methyl sites for hydroxylation is 1. The predicted octanol–water partition coefficient (Wildman–Crippen LogP) is 2.16. The molecule has 1 saturated heterocycles. The Labute approximate surface area is 110 Å². The van der Waals surface area contributed by atoms with E-state index in [4.69, 9.17) is 0 Å². The first-order valence-electron chi connectivity index (χ1n) is 6.87. The molecule has 2 atom stereocenters. The van der Waals surface area contributed by atoms with Gasteiger partial charge in [-0.1, -0.05) is 25.1 Å². The maximum atomic E-state index is 9.90. The molecule has 3 N–H and O–H groups in total. The van der Waals surface area contributed by atoms with Gasteiger partial charge in [-0.05, 0) is 43.9 Å². The Kier molecular flexibility index (Phi) is 4.25. The molecule has 0 aliphatic carbocycles. The van der Waals surface area contributed by atoms with E-state index in [1.54, 1.807) is 0 Å². The number of aliphatic hydroxyl groups excluding tert-OH is 1. The molecule has 2 rings (SSSR count). The fourth-order valence-electron chi connectivity index (χ4n) is 2.92. The zero-order valence-electron chi connectivity index (χ0n) is 11.4. The van der Waals surface area contributed by atoms with Gasteiger partial charge < -0.3 is 15.7 Å². The Bertz CT molecular complexity index is 394. The van der Waals surface area contributed by atoms with Gasteiger partial charge in [-0.15, -0.1) is 0 Å². The Morgan fingerprint density at radius 1 is 1.44 bits per heavy atom. The van der Waals surface area contributed by atoms with Crippen LogP contribution in [0.5, 0.6) is 0 Å². The molecule has 0 amide bonds. The van der Waals surface area contributed by atoms with Gasteiger partial charge in [0, 0.05) is 12.2 Å². The summed E-state index contributed by atoms with van der Waals surface area (Å²) in [5.74, 6) is 0.468. The number of aliphatic hydroxyl groups is 1. The number of piperidine rings is 1. The van der Waals surface area contributed by atoms with Gasteiger partial charge >= 0.3 is 0 Å². The van der Waals surface area contributed by atoms with E-state index in [-0.39, 0.29) is 12.1 Å². The van der Waals surface area contributed by atoms with Gasteiger partial charge in [0.25, 0.3) is 0 Å². The van der Waals surface area contributed by atoms with Crippen LogP contribution in [0.2, 0.25) is 0 Å². The largest absolute Gasteiger partial charge is 0.394 e. The van der Waals surface area contributed by atoms with Gasteiger partial charge in [0.15, 0.2) is 0 Å². The topological polar surface area (TPSA) is 44.3 Å². The minimum absolute atomic E-state index is 0.174. The zero-order valence-corrected chi connectivity index (χ0v) is 11.4. The normalized spacial score (nSPS) is 28.1. The molecule has 100 valence electrons. The second kappa shape index (κ2) is 5.72. The smallest absolute Gasteiger partial charge is 0.0665 e. The monoisotopic (exact) mass is 248 g/mol. The Balaban J connectivity index is 2.24. The van der Waals surface area contributed by atoms with Crippen LogP contribution in [0.4, 0.5) is 5.69 Å². The molecule has 2 unspecified atom stereocenters. The third kappa shape index (κ3) is 2.52. The molecule has 1 aromatic rings. The highest BCUT2D eigenvalue weighted by molar-refractivity contribution is 5.52. The summed E-state index contributed by atoms with van der Waals surface area (Å²) in [6, 6.07) is 8.30. The summed E-state index contributed by atoms with van der Waals surface area (Å²) in [6.45, 7) is 6.45. The molecule has 0 aromatic heterocycles. The average molecular weight is 248 g/mol. The van der Waals surface area contributed by atoms with Crippen molar-refractivity contribution in [1.29, 1.82) is 0 Å². The molecule has 3 heteroatoms. The van der Waals surface area contributed by atoms with Crippen molar-refractivity contribution in [1.82, 2.24) is 5.32 Å². The van der Waals surface area contributed by atoms with Crippen LogP contribution in [0.3, 0.4) is 0 Å². The summed E-state index contributed by atoms with van der Waals surface area (Å²) in [4.78, 5) is 0. The number of para-hydroxylation sites is 1. The number of hydrogen-bond acceptors (Lipinski definition) is 3. The van der Waals surface area contributed by atoms with Crippen LogP contribution in [0.25, 0.3) is 0 Å². The summed E-state index contributed by atoms with van der Waals surface area (Å²) in [5.41, 5.74) is 2.21. The van der Waals surface area contributed by atoms with Gasteiger partial charge in [0.05, 0.1) is 12.1 Å². The standard InChI is InChI=1S/C15H24N2O/c1-3-13-10-16-9-8-15(13,11-18)17-14-7-5-4-6-12(14)2/h4-7,13,16-18H,3,8-11H2,1-2H3. The summed E-state index contributed by atoms with van der Waals surface area (Å²) < 4.78 is 0. The molecule has 0 saturated carbocycles. The quantitative estimate of drug-likeness (QED) is 0.765. The summed E-state index contributed by atoms with van der Waals surface area (Å²) in [7, 11) is 0. The molecule has 0 radical (unpaired) electrons. The molecule has 1 heterocycles. The number of rotatable bonds is 4. The van der Waals surface area contributed by atoms with E-state index in [1.165, 1.54) is 5.56 Å². The van der Waals surface area contributed by atoms with Gasteiger partial charge in [-0.3, -0.25) is 0 Å². The van der Waals surface area contributed by atoms with E-state index in [0.717, 1.165) is 31.6 Å². The van der Waals surface area contributed by atoms with Crippen LogP contribution in [0.1, 0.15) is 25.3 Å². The summed E-state index contributed by atoms with van der Waals surface area (Å²) in [6.07, 6.45) is 2.04. The maximum Gasteiger partial charge on any atom is 0.0665 e. The second-order valence-electron chi connectivity index (χ2n) is 5.31. The molecule has 1 aromatic carbocycles. The lowest BCUT2D eigenvalue weighted by atomic mass is 9.77. The highest BCUT2D eigenvalue weighted by Crippen LogP contribution is 2.31. The van der Waals surface area contributed by atoms with Crippen molar-refractivity contribution in [3.63, 3.8) is 0 Å². The number of anilines is 1. The van der Waals surface area contributed by atoms with E-state index in [9.17, 15) is 5.11 Å². The average Bonchev–Trinajstić information content (AvgIpc) is 2.42. The molecule has 18 heavy (non-hydrogen) atoms. The highest BCUT2D eigenvalue weighted by atomic mass is 16.3.